The molecule has 1 unspecified atom stereocenters. The first-order valence-corrected chi connectivity index (χ1v) is 17.2. The molecular formula is C42H40OS. The molecule has 220 valence electrons. The van der Waals surface area contributed by atoms with Gasteiger partial charge < -0.3 is 4.74 Å². The molecular weight excluding hydrogens is 553 g/mol. The van der Waals surface area contributed by atoms with Gasteiger partial charge in [0.15, 0.2) is 5.60 Å². The summed E-state index contributed by atoms with van der Waals surface area (Å²) in [5.41, 5.74) is 8.94. The zero-order valence-electron chi connectivity index (χ0n) is 26.4. The zero-order chi connectivity index (χ0) is 30.3. The van der Waals surface area contributed by atoms with Crippen molar-refractivity contribution in [1.29, 1.82) is 0 Å². The molecule has 0 bridgehead atoms. The molecule has 1 saturated carbocycles. The van der Waals surface area contributed by atoms with Gasteiger partial charge in [0.1, 0.15) is 5.75 Å². The fourth-order valence-corrected chi connectivity index (χ4v) is 10.0. The second kappa shape index (κ2) is 9.62. The van der Waals surface area contributed by atoms with Gasteiger partial charge in [-0.25, -0.2) is 0 Å². The molecule has 1 nitrogen and oxygen atoms in total. The molecule has 8 rings (SSSR count). The van der Waals surface area contributed by atoms with Crippen LogP contribution in [0.5, 0.6) is 5.75 Å². The second-order valence-electron chi connectivity index (χ2n) is 14.8. The van der Waals surface area contributed by atoms with Crippen LogP contribution in [-0.2, 0) is 11.0 Å². The van der Waals surface area contributed by atoms with Crippen LogP contribution >= 0.6 is 11.8 Å². The van der Waals surface area contributed by atoms with E-state index < -0.39 is 5.60 Å². The van der Waals surface area contributed by atoms with Gasteiger partial charge in [-0.2, -0.15) is 0 Å². The van der Waals surface area contributed by atoms with Gasteiger partial charge >= 0.3 is 0 Å². The van der Waals surface area contributed by atoms with E-state index in [9.17, 15) is 0 Å². The molecule has 2 heteroatoms. The molecule has 0 amide bonds. The first-order chi connectivity index (χ1) is 21.2. The minimum Gasteiger partial charge on any atom is -0.472 e. The van der Waals surface area contributed by atoms with E-state index in [2.05, 4.69) is 149 Å². The summed E-state index contributed by atoms with van der Waals surface area (Å²) in [6.07, 6.45) is 10.4. The van der Waals surface area contributed by atoms with Crippen molar-refractivity contribution in [2.24, 2.45) is 10.8 Å². The van der Waals surface area contributed by atoms with Gasteiger partial charge in [-0.15, -0.1) is 11.8 Å². The highest BCUT2D eigenvalue weighted by Gasteiger charge is 2.55. The first kappa shape index (κ1) is 27.8. The first-order valence-electron chi connectivity index (χ1n) is 15.9. The van der Waals surface area contributed by atoms with Crippen molar-refractivity contribution in [3.05, 3.63) is 137 Å². The van der Waals surface area contributed by atoms with Crippen LogP contribution in [-0.4, -0.2) is 6.26 Å². The highest BCUT2D eigenvalue weighted by Crippen LogP contribution is 2.66. The number of hydrogen-bond donors (Lipinski definition) is 0. The van der Waals surface area contributed by atoms with Crippen molar-refractivity contribution < 1.29 is 4.74 Å². The number of thioether (sulfide) groups is 1. The second-order valence-corrected chi connectivity index (χ2v) is 15.7. The topological polar surface area (TPSA) is 9.23 Å². The van der Waals surface area contributed by atoms with Crippen LogP contribution in [0.25, 0.3) is 28.0 Å². The quantitative estimate of drug-likeness (QED) is 0.193. The minimum absolute atomic E-state index is 0.0776. The van der Waals surface area contributed by atoms with Gasteiger partial charge in [0.2, 0.25) is 0 Å². The molecule has 1 heterocycles. The molecule has 1 fully saturated rings. The van der Waals surface area contributed by atoms with Gasteiger partial charge in [0, 0.05) is 32.4 Å². The molecule has 5 aromatic carbocycles. The summed E-state index contributed by atoms with van der Waals surface area (Å²) in [4.78, 5) is 1.25. The van der Waals surface area contributed by atoms with Crippen LogP contribution in [0.4, 0.5) is 0 Å². The average Bonchev–Trinajstić information content (AvgIpc) is 3.28. The predicted octanol–water partition coefficient (Wildman–Crippen LogP) is 11.4. The smallest absolute Gasteiger partial charge is 0.178 e. The van der Waals surface area contributed by atoms with Crippen LogP contribution in [0.2, 0.25) is 0 Å². The molecule has 0 saturated heterocycles. The number of rotatable bonds is 3. The van der Waals surface area contributed by atoms with Crippen molar-refractivity contribution in [2.75, 3.05) is 6.26 Å². The van der Waals surface area contributed by atoms with Gasteiger partial charge in [-0.1, -0.05) is 125 Å². The zero-order valence-corrected chi connectivity index (χ0v) is 27.2. The normalized spacial score (nSPS) is 21.8. The highest BCUT2D eigenvalue weighted by molar-refractivity contribution is 7.98. The van der Waals surface area contributed by atoms with Crippen molar-refractivity contribution in [3.63, 3.8) is 0 Å². The van der Waals surface area contributed by atoms with Crippen molar-refractivity contribution in [1.82, 2.24) is 0 Å². The average molecular weight is 593 g/mol. The van der Waals surface area contributed by atoms with E-state index in [-0.39, 0.29) is 16.2 Å². The molecule has 44 heavy (non-hydrogen) atoms. The molecule has 2 aliphatic carbocycles. The monoisotopic (exact) mass is 592 g/mol. The Balaban J connectivity index is 1.46. The standard InChI is InChI=1S/C42H40OS/c1-39(2)25-40(3,4)27-41(26-39)35-18-12-11-17-33(35)36-31-15-9-10-16-32(31)38-34(37(36)41)23-24-42(43-38,28-13-7-6-8-14-28)29-19-21-30(44-5)22-20-29/h6-24H,25-27H2,1-5H3. The maximum Gasteiger partial charge on any atom is 0.178 e. The molecule has 3 aliphatic rings. The predicted molar refractivity (Wildman–Crippen MR) is 187 cm³/mol. The lowest BCUT2D eigenvalue weighted by atomic mass is 9.52. The fourth-order valence-electron chi connectivity index (χ4n) is 9.61. The molecule has 1 aliphatic heterocycles. The van der Waals surface area contributed by atoms with Crippen molar-refractivity contribution in [2.45, 2.75) is 62.9 Å². The Morgan fingerprint density at radius 2 is 1.25 bits per heavy atom. The number of benzene rings is 5. The van der Waals surface area contributed by atoms with E-state index in [0.717, 1.165) is 29.7 Å². The molecule has 1 atom stereocenters. The van der Waals surface area contributed by atoms with Gasteiger partial charge in [0.25, 0.3) is 0 Å². The molecule has 1 spiro atoms. The third-order valence-corrected chi connectivity index (χ3v) is 11.1. The lowest BCUT2D eigenvalue weighted by Gasteiger charge is -2.52. The summed E-state index contributed by atoms with van der Waals surface area (Å²) in [7, 11) is 0. The van der Waals surface area contributed by atoms with E-state index in [1.807, 2.05) is 0 Å². The van der Waals surface area contributed by atoms with E-state index in [1.165, 1.54) is 49.9 Å². The number of hydrogen-bond acceptors (Lipinski definition) is 2. The number of fused-ring (bicyclic) bond motifs is 10. The Hall–Kier alpha value is -3.75. The van der Waals surface area contributed by atoms with E-state index in [1.54, 1.807) is 11.8 Å². The Kier molecular flexibility index (Phi) is 6.07. The highest BCUT2D eigenvalue weighted by atomic mass is 32.2. The maximum absolute atomic E-state index is 7.55. The molecule has 0 radical (unpaired) electrons. The lowest BCUT2D eigenvalue weighted by molar-refractivity contribution is 0.0642. The largest absolute Gasteiger partial charge is 0.472 e. The SMILES string of the molecule is CSc1ccc(C2(c3ccccc3)C=Cc3c4c(c5ccccc5c3O2)-c2ccccc2C42CC(C)(C)CC(C)(C)C2)cc1. The van der Waals surface area contributed by atoms with Gasteiger partial charge in [-0.05, 0) is 82.2 Å². The van der Waals surface area contributed by atoms with Crippen molar-refractivity contribution >= 4 is 28.6 Å². The summed E-state index contributed by atoms with van der Waals surface area (Å²) < 4.78 is 7.55. The Morgan fingerprint density at radius 3 is 1.95 bits per heavy atom. The van der Waals surface area contributed by atoms with E-state index >= 15 is 0 Å². The third kappa shape index (κ3) is 4.00. The maximum atomic E-state index is 7.55. The number of ether oxygens (including phenoxy) is 1. The van der Waals surface area contributed by atoms with Crippen LogP contribution in [0, 0.1) is 10.8 Å². The van der Waals surface area contributed by atoms with Crippen LogP contribution in [0.3, 0.4) is 0 Å². The van der Waals surface area contributed by atoms with Gasteiger partial charge in [0.05, 0.1) is 0 Å². The Labute approximate surface area is 266 Å². The lowest BCUT2D eigenvalue weighted by Crippen LogP contribution is -2.44. The van der Waals surface area contributed by atoms with E-state index in [4.69, 9.17) is 4.74 Å². The van der Waals surface area contributed by atoms with Gasteiger partial charge in [-0.3, -0.25) is 0 Å². The minimum atomic E-state index is -0.730. The van der Waals surface area contributed by atoms with Crippen LogP contribution in [0.15, 0.2) is 114 Å². The summed E-state index contributed by atoms with van der Waals surface area (Å²) in [6, 6.07) is 37.9. The summed E-state index contributed by atoms with van der Waals surface area (Å²) in [5, 5.41) is 2.48. The third-order valence-electron chi connectivity index (χ3n) is 10.4. The fraction of sp³-hybridized carbons (Fsp3) is 0.286. The molecule has 5 aromatic rings. The summed E-state index contributed by atoms with van der Waals surface area (Å²) >= 11 is 1.77. The molecule has 0 aromatic heterocycles. The Morgan fingerprint density at radius 1 is 0.636 bits per heavy atom. The van der Waals surface area contributed by atoms with E-state index in [0.29, 0.717) is 0 Å². The molecule has 0 N–H and O–H groups in total. The van der Waals surface area contributed by atoms with Crippen molar-refractivity contribution in [3.8, 4) is 16.9 Å². The van der Waals surface area contributed by atoms with Crippen LogP contribution < -0.4 is 4.74 Å². The van der Waals surface area contributed by atoms with Crippen LogP contribution in [0.1, 0.15) is 74.8 Å². The summed E-state index contributed by atoms with van der Waals surface area (Å²) in [6.45, 7) is 9.92. The Bertz CT molecular complexity index is 1930. The summed E-state index contributed by atoms with van der Waals surface area (Å²) in [5.74, 6) is 1.01.